The third-order valence-electron chi connectivity index (χ3n) is 3.45. The van der Waals surface area contributed by atoms with Crippen molar-refractivity contribution in [3.8, 4) is 6.07 Å². The van der Waals surface area contributed by atoms with Gasteiger partial charge < -0.3 is 10.4 Å². The Kier molecular flexibility index (Phi) is 4.57. The second-order valence-corrected chi connectivity index (χ2v) is 4.79. The molecule has 102 valence electrons. The monoisotopic (exact) mass is 264 g/mol. The molecule has 0 aromatic heterocycles. The topological polar surface area (TPSA) is 73.1 Å². The van der Waals surface area contributed by atoms with Gasteiger partial charge in [-0.15, -0.1) is 0 Å². The first kappa shape index (κ1) is 14.8. The SMILES string of the molecule is N#CC1CC2(CCNCC2)C1.O=C(O)C(F)(F)F. The van der Waals surface area contributed by atoms with E-state index in [4.69, 9.17) is 15.2 Å². The van der Waals surface area contributed by atoms with Crippen LogP contribution in [0.15, 0.2) is 0 Å². The van der Waals surface area contributed by atoms with E-state index in [2.05, 4.69) is 11.4 Å². The number of hydrogen-bond donors (Lipinski definition) is 2. The maximum Gasteiger partial charge on any atom is 0.490 e. The summed E-state index contributed by atoms with van der Waals surface area (Å²) in [5.74, 6) is -2.37. The van der Waals surface area contributed by atoms with Crippen LogP contribution in [0.2, 0.25) is 0 Å². The second-order valence-electron chi connectivity index (χ2n) is 4.79. The number of aliphatic carboxylic acids is 1. The minimum atomic E-state index is -5.08. The van der Waals surface area contributed by atoms with Crippen molar-refractivity contribution in [2.45, 2.75) is 31.9 Å². The summed E-state index contributed by atoms with van der Waals surface area (Å²) >= 11 is 0. The highest BCUT2D eigenvalue weighted by molar-refractivity contribution is 5.73. The van der Waals surface area contributed by atoms with E-state index in [1.54, 1.807) is 0 Å². The summed E-state index contributed by atoms with van der Waals surface area (Å²) in [4.78, 5) is 8.90. The molecule has 2 rings (SSSR count). The van der Waals surface area contributed by atoms with Crippen LogP contribution in [-0.4, -0.2) is 30.3 Å². The molecule has 1 aliphatic heterocycles. The van der Waals surface area contributed by atoms with Gasteiger partial charge in [-0.25, -0.2) is 4.79 Å². The lowest BCUT2D eigenvalue weighted by molar-refractivity contribution is -0.192. The molecule has 0 unspecified atom stereocenters. The standard InChI is InChI=1S/C9H14N2.C2HF3O2/c10-7-8-5-9(6-8)1-3-11-4-2-9;3-2(4,5)1(6)7/h8,11H,1-6H2;(H,6,7). The summed E-state index contributed by atoms with van der Waals surface area (Å²) in [7, 11) is 0. The van der Waals surface area contributed by atoms with E-state index < -0.39 is 12.1 Å². The fourth-order valence-electron chi connectivity index (χ4n) is 2.44. The van der Waals surface area contributed by atoms with E-state index in [9.17, 15) is 13.2 Å². The Hall–Kier alpha value is -1.29. The molecule has 1 spiro atoms. The van der Waals surface area contributed by atoms with Crippen molar-refractivity contribution < 1.29 is 23.1 Å². The molecule has 1 heterocycles. The number of nitrogens with one attached hydrogen (secondary N) is 1. The molecule has 0 radical (unpaired) electrons. The normalized spacial score (nSPS) is 22.3. The van der Waals surface area contributed by atoms with Gasteiger partial charge in [-0.1, -0.05) is 0 Å². The minimum Gasteiger partial charge on any atom is -0.475 e. The van der Waals surface area contributed by atoms with E-state index in [-0.39, 0.29) is 0 Å². The van der Waals surface area contributed by atoms with Crippen LogP contribution in [0.4, 0.5) is 13.2 Å². The van der Waals surface area contributed by atoms with Crippen LogP contribution < -0.4 is 5.32 Å². The van der Waals surface area contributed by atoms with Crippen molar-refractivity contribution in [3.63, 3.8) is 0 Å². The van der Waals surface area contributed by atoms with Crippen LogP contribution >= 0.6 is 0 Å². The van der Waals surface area contributed by atoms with Crippen molar-refractivity contribution in [1.29, 1.82) is 5.26 Å². The smallest absolute Gasteiger partial charge is 0.475 e. The minimum absolute atomic E-state index is 0.382. The van der Waals surface area contributed by atoms with Crippen molar-refractivity contribution in [2.75, 3.05) is 13.1 Å². The lowest BCUT2D eigenvalue weighted by Gasteiger charge is -2.47. The fourth-order valence-corrected chi connectivity index (χ4v) is 2.44. The molecular formula is C11H15F3N2O2. The van der Waals surface area contributed by atoms with E-state index in [0.29, 0.717) is 11.3 Å². The molecule has 1 saturated heterocycles. The summed E-state index contributed by atoms with van der Waals surface area (Å²) in [6.45, 7) is 2.33. The van der Waals surface area contributed by atoms with Crippen LogP contribution in [0, 0.1) is 22.7 Å². The lowest BCUT2D eigenvalue weighted by Crippen LogP contribution is -2.44. The van der Waals surface area contributed by atoms with Gasteiger partial charge >= 0.3 is 12.1 Å². The van der Waals surface area contributed by atoms with E-state index in [0.717, 1.165) is 13.1 Å². The first-order chi connectivity index (χ1) is 8.29. The summed E-state index contributed by atoms with van der Waals surface area (Å²) in [6, 6.07) is 2.35. The molecule has 2 N–H and O–H groups in total. The van der Waals surface area contributed by atoms with Crippen LogP contribution in [0.1, 0.15) is 25.7 Å². The van der Waals surface area contributed by atoms with Gasteiger partial charge in [0, 0.05) is 5.92 Å². The first-order valence-electron chi connectivity index (χ1n) is 5.69. The number of halogens is 3. The molecule has 0 aromatic carbocycles. The molecule has 0 aromatic rings. The van der Waals surface area contributed by atoms with Gasteiger partial charge in [0.2, 0.25) is 0 Å². The zero-order chi connectivity index (χ0) is 13.8. The number of carbonyl (C=O) groups is 1. The quantitative estimate of drug-likeness (QED) is 0.701. The third kappa shape index (κ3) is 3.88. The number of carboxylic acid groups (broad SMARTS) is 1. The Morgan fingerprint density at radius 3 is 2.11 bits per heavy atom. The molecule has 4 nitrogen and oxygen atoms in total. The Morgan fingerprint density at radius 2 is 1.78 bits per heavy atom. The second kappa shape index (κ2) is 5.57. The maximum absolute atomic E-state index is 10.6. The van der Waals surface area contributed by atoms with Gasteiger partial charge in [-0.05, 0) is 44.2 Å². The third-order valence-corrected chi connectivity index (χ3v) is 3.45. The predicted octanol–water partition coefficient (Wildman–Crippen LogP) is 1.92. The molecule has 2 aliphatic rings. The van der Waals surface area contributed by atoms with Crippen molar-refractivity contribution in [1.82, 2.24) is 5.32 Å². The van der Waals surface area contributed by atoms with Gasteiger partial charge in [-0.2, -0.15) is 18.4 Å². The molecule has 18 heavy (non-hydrogen) atoms. The van der Waals surface area contributed by atoms with Crippen LogP contribution in [0.5, 0.6) is 0 Å². The van der Waals surface area contributed by atoms with Gasteiger partial charge in [0.25, 0.3) is 0 Å². The Morgan fingerprint density at radius 1 is 1.33 bits per heavy atom. The number of nitriles is 1. The van der Waals surface area contributed by atoms with Crippen LogP contribution in [0.25, 0.3) is 0 Å². The number of piperidine rings is 1. The van der Waals surface area contributed by atoms with E-state index in [1.165, 1.54) is 25.7 Å². The highest BCUT2D eigenvalue weighted by Gasteiger charge is 2.44. The number of rotatable bonds is 0. The Labute approximate surface area is 103 Å². The van der Waals surface area contributed by atoms with E-state index >= 15 is 0 Å². The maximum atomic E-state index is 10.6. The molecule has 1 aliphatic carbocycles. The zero-order valence-electron chi connectivity index (χ0n) is 9.76. The van der Waals surface area contributed by atoms with Crippen molar-refractivity contribution >= 4 is 5.97 Å². The Balaban J connectivity index is 0.000000203. The molecule has 0 atom stereocenters. The highest BCUT2D eigenvalue weighted by atomic mass is 19.4. The number of alkyl halides is 3. The summed E-state index contributed by atoms with van der Waals surface area (Å²) in [5.41, 5.74) is 0.589. The predicted molar refractivity (Wildman–Crippen MR) is 56.6 cm³/mol. The van der Waals surface area contributed by atoms with E-state index in [1.807, 2.05) is 0 Å². The molecule has 7 heteroatoms. The number of nitrogens with zero attached hydrogens (tertiary/aromatic N) is 1. The highest BCUT2D eigenvalue weighted by Crippen LogP contribution is 2.51. The molecule has 0 amide bonds. The van der Waals surface area contributed by atoms with Gasteiger partial charge in [0.15, 0.2) is 0 Å². The Bertz CT molecular complexity index is 335. The number of hydrogen-bond acceptors (Lipinski definition) is 3. The van der Waals surface area contributed by atoms with Gasteiger partial charge in [0.05, 0.1) is 6.07 Å². The lowest BCUT2D eigenvalue weighted by atomic mass is 9.58. The van der Waals surface area contributed by atoms with Crippen molar-refractivity contribution in [3.05, 3.63) is 0 Å². The summed E-state index contributed by atoms with van der Waals surface area (Å²) < 4.78 is 31.7. The first-order valence-corrected chi connectivity index (χ1v) is 5.69. The average Bonchev–Trinajstić information content (AvgIpc) is 2.26. The number of carboxylic acids is 1. The fraction of sp³-hybridized carbons (Fsp3) is 0.818. The largest absolute Gasteiger partial charge is 0.490 e. The summed E-state index contributed by atoms with van der Waals surface area (Å²) in [6.07, 6.45) is -0.146. The van der Waals surface area contributed by atoms with Gasteiger partial charge in [0.1, 0.15) is 0 Å². The summed E-state index contributed by atoms with van der Waals surface area (Å²) in [5, 5.41) is 19.1. The molecule has 1 saturated carbocycles. The zero-order valence-corrected chi connectivity index (χ0v) is 9.76. The molecular weight excluding hydrogens is 249 g/mol. The van der Waals surface area contributed by atoms with Gasteiger partial charge in [-0.3, -0.25) is 0 Å². The molecule has 0 bridgehead atoms. The average molecular weight is 264 g/mol. The van der Waals surface area contributed by atoms with Crippen LogP contribution in [0.3, 0.4) is 0 Å². The van der Waals surface area contributed by atoms with Crippen LogP contribution in [-0.2, 0) is 4.79 Å². The van der Waals surface area contributed by atoms with Crippen molar-refractivity contribution in [2.24, 2.45) is 11.3 Å². The molecule has 2 fully saturated rings.